The number of hydrogen-bond acceptors (Lipinski definition) is 4. The number of carbonyl (C=O) groups excluding carboxylic acids is 1. The van der Waals surface area contributed by atoms with Crippen molar-refractivity contribution in [3.05, 3.63) is 74.8 Å². The number of fused-ring (bicyclic) bond motifs is 1. The third-order valence-electron chi connectivity index (χ3n) is 4.35. The maximum Gasteiger partial charge on any atom is 0.316 e. The lowest BCUT2D eigenvalue weighted by Crippen LogP contribution is -2.39. The number of H-pyrrole nitrogens is 1. The summed E-state index contributed by atoms with van der Waals surface area (Å²) in [7, 11) is 1.60. The summed E-state index contributed by atoms with van der Waals surface area (Å²) < 4.78 is 6.66. The number of carbonyl (C=O) groups is 1. The molecule has 3 rings (SSSR count). The zero-order valence-electron chi connectivity index (χ0n) is 15.0. The van der Waals surface area contributed by atoms with Gasteiger partial charge in [-0.05, 0) is 30.2 Å². The highest BCUT2D eigenvalue weighted by Crippen LogP contribution is 2.18. The molecule has 1 amide bonds. The normalized spacial score (nSPS) is 10.7. The number of aromatic amines is 1. The molecule has 27 heavy (non-hydrogen) atoms. The fraction of sp³-hybridized carbons (Fsp3) is 0.250. The fourth-order valence-corrected chi connectivity index (χ4v) is 3.00. The average Bonchev–Trinajstić information content (AvgIpc) is 2.69. The fourth-order valence-electron chi connectivity index (χ4n) is 3.00. The third-order valence-corrected chi connectivity index (χ3v) is 4.35. The van der Waals surface area contributed by atoms with E-state index in [0.29, 0.717) is 23.9 Å². The molecule has 2 N–H and O–H groups in total. The quantitative estimate of drug-likeness (QED) is 0.618. The summed E-state index contributed by atoms with van der Waals surface area (Å²) in [5, 5.41) is 2.80. The molecule has 3 aromatic rings. The van der Waals surface area contributed by atoms with E-state index in [4.69, 9.17) is 4.74 Å². The molecular formula is C20H21N3O4. The van der Waals surface area contributed by atoms with Gasteiger partial charge in [0.05, 0.1) is 18.1 Å². The molecule has 140 valence electrons. The predicted molar refractivity (Wildman–Crippen MR) is 103 cm³/mol. The first-order valence-corrected chi connectivity index (χ1v) is 8.70. The van der Waals surface area contributed by atoms with Crippen molar-refractivity contribution in [1.29, 1.82) is 0 Å². The first-order chi connectivity index (χ1) is 13.1. The zero-order valence-corrected chi connectivity index (χ0v) is 15.0. The highest BCUT2D eigenvalue weighted by Gasteiger charge is 2.09. The van der Waals surface area contributed by atoms with Crippen molar-refractivity contribution in [1.82, 2.24) is 14.9 Å². The largest absolute Gasteiger partial charge is 0.496 e. The van der Waals surface area contributed by atoms with Crippen molar-refractivity contribution >= 4 is 16.9 Å². The highest BCUT2D eigenvalue weighted by molar-refractivity contribution is 5.76. The van der Waals surface area contributed by atoms with Crippen LogP contribution >= 0.6 is 0 Å². The van der Waals surface area contributed by atoms with Crippen molar-refractivity contribution in [2.75, 3.05) is 13.7 Å². The standard InChI is InChI=1S/C20H21N3O4/c1-27-17-9-5-2-6-14(17)10-11-18(24)21-12-13-23-16-8-4-3-7-15(16)22-19(25)20(23)26/h2-9H,10-13H2,1H3,(H,21,24)(H,22,25). The van der Waals surface area contributed by atoms with Crippen molar-refractivity contribution in [3.8, 4) is 5.75 Å². The van der Waals surface area contributed by atoms with Gasteiger partial charge in [-0.3, -0.25) is 14.4 Å². The van der Waals surface area contributed by atoms with Crippen LogP contribution in [-0.2, 0) is 17.8 Å². The molecule has 0 aliphatic rings. The van der Waals surface area contributed by atoms with Crippen molar-refractivity contribution in [2.45, 2.75) is 19.4 Å². The van der Waals surface area contributed by atoms with Crippen LogP contribution in [-0.4, -0.2) is 29.1 Å². The number of nitrogens with one attached hydrogen (secondary N) is 2. The Balaban J connectivity index is 1.61. The molecule has 0 aliphatic carbocycles. The van der Waals surface area contributed by atoms with Crippen LogP contribution in [0.4, 0.5) is 0 Å². The van der Waals surface area contributed by atoms with E-state index in [1.54, 1.807) is 31.4 Å². The Hall–Kier alpha value is -3.35. The summed E-state index contributed by atoms with van der Waals surface area (Å²) in [6.45, 7) is 0.488. The number of methoxy groups -OCH3 is 1. The van der Waals surface area contributed by atoms with Gasteiger partial charge >= 0.3 is 11.1 Å². The molecule has 1 heterocycles. The summed E-state index contributed by atoms with van der Waals surface area (Å²) in [6, 6.07) is 14.6. The lowest BCUT2D eigenvalue weighted by Gasteiger charge is -2.11. The van der Waals surface area contributed by atoms with Crippen LogP contribution in [0.25, 0.3) is 11.0 Å². The molecule has 7 nitrogen and oxygen atoms in total. The number of rotatable bonds is 7. The zero-order chi connectivity index (χ0) is 19.2. The summed E-state index contributed by atoms with van der Waals surface area (Å²) in [4.78, 5) is 38.6. The Bertz CT molecular complexity index is 1070. The van der Waals surface area contributed by atoms with Crippen molar-refractivity contribution in [2.24, 2.45) is 0 Å². The number of ether oxygens (including phenoxy) is 1. The van der Waals surface area contributed by atoms with Crippen LogP contribution in [0.1, 0.15) is 12.0 Å². The Labute approximate surface area is 155 Å². The van der Waals surface area contributed by atoms with Crippen molar-refractivity contribution in [3.63, 3.8) is 0 Å². The molecule has 0 fully saturated rings. The molecule has 0 unspecified atom stereocenters. The summed E-state index contributed by atoms with van der Waals surface area (Å²) in [6.07, 6.45) is 0.870. The number of aryl methyl sites for hydroxylation is 1. The first kappa shape index (κ1) is 18.4. The number of hydrogen-bond donors (Lipinski definition) is 2. The lowest BCUT2D eigenvalue weighted by atomic mass is 10.1. The number of benzene rings is 2. The second kappa shape index (κ2) is 8.35. The molecule has 1 aromatic heterocycles. The Morgan fingerprint density at radius 1 is 1.11 bits per heavy atom. The molecule has 7 heteroatoms. The van der Waals surface area contributed by atoms with Gasteiger partial charge in [0.1, 0.15) is 5.75 Å². The second-order valence-corrected chi connectivity index (χ2v) is 6.09. The first-order valence-electron chi connectivity index (χ1n) is 8.70. The van der Waals surface area contributed by atoms with E-state index < -0.39 is 11.1 Å². The maximum atomic E-state index is 12.1. The van der Waals surface area contributed by atoms with Gasteiger partial charge in [-0.1, -0.05) is 30.3 Å². The highest BCUT2D eigenvalue weighted by atomic mass is 16.5. The van der Waals surface area contributed by atoms with E-state index in [1.165, 1.54) is 4.57 Å². The van der Waals surface area contributed by atoms with Gasteiger partial charge in [-0.25, -0.2) is 0 Å². The van der Waals surface area contributed by atoms with Gasteiger partial charge in [0, 0.05) is 19.5 Å². The lowest BCUT2D eigenvalue weighted by molar-refractivity contribution is -0.121. The molecular weight excluding hydrogens is 346 g/mol. The summed E-state index contributed by atoms with van der Waals surface area (Å²) >= 11 is 0. The van der Waals surface area contributed by atoms with Gasteiger partial charge < -0.3 is 19.6 Å². The molecule has 0 radical (unpaired) electrons. The summed E-state index contributed by atoms with van der Waals surface area (Å²) in [5.41, 5.74) is 0.884. The van der Waals surface area contributed by atoms with Crippen LogP contribution in [0.5, 0.6) is 5.75 Å². The van der Waals surface area contributed by atoms with E-state index in [0.717, 1.165) is 11.3 Å². The minimum Gasteiger partial charge on any atom is -0.496 e. The molecule has 0 atom stereocenters. The predicted octanol–water partition coefficient (Wildman–Crippen LogP) is 1.45. The minimum absolute atomic E-state index is 0.122. The van der Waals surface area contributed by atoms with Crippen LogP contribution < -0.4 is 21.2 Å². The number of amides is 1. The molecule has 2 aromatic carbocycles. The Morgan fingerprint density at radius 2 is 1.85 bits per heavy atom. The molecule has 0 aliphatic heterocycles. The van der Waals surface area contributed by atoms with E-state index >= 15 is 0 Å². The Kier molecular flexibility index (Phi) is 5.71. The van der Waals surface area contributed by atoms with Crippen LogP contribution in [0.2, 0.25) is 0 Å². The second-order valence-electron chi connectivity index (χ2n) is 6.09. The van der Waals surface area contributed by atoms with E-state index in [2.05, 4.69) is 10.3 Å². The van der Waals surface area contributed by atoms with Gasteiger partial charge in [0.25, 0.3) is 0 Å². The molecule has 0 saturated heterocycles. The van der Waals surface area contributed by atoms with Gasteiger partial charge in [0.2, 0.25) is 5.91 Å². The van der Waals surface area contributed by atoms with E-state index in [1.807, 2.05) is 24.3 Å². The summed E-state index contributed by atoms with van der Waals surface area (Å²) in [5.74, 6) is 0.634. The van der Waals surface area contributed by atoms with Crippen LogP contribution in [0.15, 0.2) is 58.1 Å². The van der Waals surface area contributed by atoms with E-state index in [-0.39, 0.29) is 19.0 Å². The SMILES string of the molecule is COc1ccccc1CCC(=O)NCCn1c(=O)c(=O)[nH]c2ccccc21. The topological polar surface area (TPSA) is 93.2 Å². The Morgan fingerprint density at radius 3 is 2.67 bits per heavy atom. The van der Waals surface area contributed by atoms with E-state index in [9.17, 15) is 14.4 Å². The molecule has 0 saturated carbocycles. The minimum atomic E-state index is -0.670. The monoisotopic (exact) mass is 367 g/mol. The van der Waals surface area contributed by atoms with Gasteiger partial charge in [-0.2, -0.15) is 0 Å². The van der Waals surface area contributed by atoms with Gasteiger partial charge in [-0.15, -0.1) is 0 Å². The third kappa shape index (κ3) is 4.25. The van der Waals surface area contributed by atoms with Crippen molar-refractivity contribution < 1.29 is 9.53 Å². The molecule has 0 bridgehead atoms. The van der Waals surface area contributed by atoms with Crippen LogP contribution in [0.3, 0.4) is 0 Å². The number of nitrogens with zero attached hydrogens (tertiary/aromatic N) is 1. The average molecular weight is 367 g/mol. The smallest absolute Gasteiger partial charge is 0.316 e. The van der Waals surface area contributed by atoms with Crippen LogP contribution in [0, 0.1) is 0 Å². The molecule has 0 spiro atoms. The maximum absolute atomic E-state index is 12.1. The van der Waals surface area contributed by atoms with Gasteiger partial charge in [0.15, 0.2) is 0 Å². The number of para-hydroxylation sites is 3. The number of aromatic nitrogens is 2.